The summed E-state index contributed by atoms with van der Waals surface area (Å²) in [5.74, 6) is -0.385. The lowest BCUT2D eigenvalue weighted by Crippen LogP contribution is -2.19. The summed E-state index contributed by atoms with van der Waals surface area (Å²) in [5, 5.41) is 0. The molecule has 1 amide bonds. The van der Waals surface area contributed by atoms with Gasteiger partial charge in [-0.05, 0) is 0 Å². The van der Waals surface area contributed by atoms with Crippen molar-refractivity contribution in [2.24, 2.45) is 0 Å². The highest BCUT2D eigenvalue weighted by Crippen LogP contribution is 2.21. The third kappa shape index (κ3) is 1.76. The van der Waals surface area contributed by atoms with Gasteiger partial charge in [0.15, 0.2) is 0 Å². The minimum Gasteiger partial charge on any atom is -0.494 e. The second-order valence-corrected chi connectivity index (χ2v) is 2.66. The molecule has 0 atom stereocenters. The van der Waals surface area contributed by atoms with Crippen molar-refractivity contribution in [3.63, 3.8) is 0 Å². The molecule has 5 nitrogen and oxygen atoms in total. The van der Waals surface area contributed by atoms with Gasteiger partial charge in [-0.1, -0.05) is 0 Å². The third-order valence-corrected chi connectivity index (χ3v) is 1.87. The molecule has 0 radical (unpaired) electrons. The number of ether oxygens (including phenoxy) is 2. The highest BCUT2D eigenvalue weighted by Gasteiger charge is 2.25. The lowest BCUT2D eigenvalue weighted by molar-refractivity contribution is -0.134. The Morgan fingerprint density at radius 3 is 2.64 bits per heavy atom. The number of methoxy groups -OCH3 is 2. The second-order valence-electron chi connectivity index (χ2n) is 2.66. The number of carbonyl (C=O) groups excluding carboxylic acids is 2. The monoisotopic (exact) mass is 197 g/mol. The van der Waals surface area contributed by atoms with Crippen LogP contribution in [0.2, 0.25) is 0 Å². The first-order valence-electron chi connectivity index (χ1n) is 3.93. The van der Waals surface area contributed by atoms with Gasteiger partial charge in [0.2, 0.25) is 0 Å². The van der Waals surface area contributed by atoms with Crippen molar-refractivity contribution in [3.05, 3.63) is 23.6 Å². The van der Waals surface area contributed by atoms with Crippen LogP contribution in [0.15, 0.2) is 23.6 Å². The topological polar surface area (TPSA) is 55.8 Å². The number of hydrogen-bond donors (Lipinski definition) is 0. The summed E-state index contributed by atoms with van der Waals surface area (Å²) in [6.45, 7) is 0. The van der Waals surface area contributed by atoms with E-state index < -0.39 is 5.97 Å². The Labute approximate surface area is 81.6 Å². The highest BCUT2D eigenvalue weighted by molar-refractivity contribution is 5.96. The Balaban J connectivity index is 2.98. The van der Waals surface area contributed by atoms with Crippen LogP contribution in [0.4, 0.5) is 0 Å². The Bertz CT molecular complexity index is 330. The van der Waals surface area contributed by atoms with Crippen molar-refractivity contribution in [2.45, 2.75) is 0 Å². The van der Waals surface area contributed by atoms with E-state index in [1.165, 1.54) is 31.3 Å². The van der Waals surface area contributed by atoms with E-state index in [4.69, 9.17) is 4.74 Å². The molecular formula is C9H11NO4. The van der Waals surface area contributed by atoms with E-state index in [1.807, 2.05) is 0 Å². The predicted molar refractivity (Wildman–Crippen MR) is 48.0 cm³/mol. The zero-order valence-electron chi connectivity index (χ0n) is 8.23. The summed E-state index contributed by atoms with van der Waals surface area (Å²) in [4.78, 5) is 23.5. The van der Waals surface area contributed by atoms with Crippen LogP contribution in [0.25, 0.3) is 0 Å². The molecule has 14 heavy (non-hydrogen) atoms. The summed E-state index contributed by atoms with van der Waals surface area (Å²) in [7, 11) is 4.26. The van der Waals surface area contributed by atoms with Gasteiger partial charge in [0.1, 0.15) is 5.76 Å². The van der Waals surface area contributed by atoms with Crippen molar-refractivity contribution in [1.29, 1.82) is 0 Å². The summed E-state index contributed by atoms with van der Waals surface area (Å²) in [6.07, 6.45) is 2.52. The van der Waals surface area contributed by atoms with Crippen LogP contribution in [-0.4, -0.2) is 38.0 Å². The standard InChI is InChI=1S/C9H11NO4/c1-10-6(4-9(12)14-3)7(13-2)5-8(10)11/h4-5H,1-3H3/b6-4-. The number of nitrogens with zero attached hydrogens (tertiary/aromatic N) is 1. The van der Waals surface area contributed by atoms with E-state index >= 15 is 0 Å². The lowest BCUT2D eigenvalue weighted by Gasteiger charge is -2.12. The van der Waals surface area contributed by atoms with E-state index in [1.54, 1.807) is 7.05 Å². The lowest BCUT2D eigenvalue weighted by atomic mass is 10.3. The SMILES string of the molecule is COC(=O)/C=C1/C(OC)=CC(=O)N1C. The van der Waals surface area contributed by atoms with Crippen LogP contribution in [0.3, 0.4) is 0 Å². The quantitative estimate of drug-likeness (QED) is 0.463. The number of esters is 1. The maximum atomic E-state index is 11.2. The third-order valence-electron chi connectivity index (χ3n) is 1.87. The van der Waals surface area contributed by atoms with Crippen LogP contribution in [-0.2, 0) is 19.1 Å². The van der Waals surface area contributed by atoms with Crippen LogP contribution >= 0.6 is 0 Å². The first-order valence-corrected chi connectivity index (χ1v) is 3.93. The molecule has 0 aromatic rings. The fourth-order valence-electron chi connectivity index (χ4n) is 1.07. The molecule has 0 aromatic carbocycles. The van der Waals surface area contributed by atoms with E-state index in [0.29, 0.717) is 11.5 Å². The van der Waals surface area contributed by atoms with Gasteiger partial charge in [-0.2, -0.15) is 0 Å². The first-order chi connectivity index (χ1) is 6.60. The molecule has 76 valence electrons. The summed E-state index contributed by atoms with van der Waals surface area (Å²) in [6, 6.07) is 0. The molecule has 0 fully saturated rings. The zero-order valence-corrected chi connectivity index (χ0v) is 8.23. The van der Waals surface area contributed by atoms with Crippen LogP contribution in [0, 0.1) is 0 Å². The van der Waals surface area contributed by atoms with E-state index in [0.717, 1.165) is 0 Å². The largest absolute Gasteiger partial charge is 0.494 e. The van der Waals surface area contributed by atoms with Gasteiger partial charge in [0, 0.05) is 13.1 Å². The van der Waals surface area contributed by atoms with E-state index in [-0.39, 0.29) is 5.91 Å². The fraction of sp³-hybridized carbons (Fsp3) is 0.333. The molecule has 5 heteroatoms. The van der Waals surface area contributed by atoms with Crippen LogP contribution in [0.1, 0.15) is 0 Å². The second kappa shape index (κ2) is 3.95. The molecule has 1 heterocycles. The highest BCUT2D eigenvalue weighted by atomic mass is 16.5. The molecule has 0 saturated carbocycles. The molecule has 0 unspecified atom stereocenters. The minimum atomic E-state index is -0.524. The maximum Gasteiger partial charge on any atom is 0.332 e. The van der Waals surface area contributed by atoms with E-state index in [9.17, 15) is 9.59 Å². The number of amides is 1. The summed E-state index contributed by atoms with van der Waals surface area (Å²) < 4.78 is 9.38. The smallest absolute Gasteiger partial charge is 0.332 e. The molecule has 1 aliphatic heterocycles. The Hall–Kier alpha value is -1.78. The van der Waals surface area contributed by atoms with Crippen LogP contribution in [0.5, 0.6) is 0 Å². The van der Waals surface area contributed by atoms with Crippen molar-refractivity contribution in [3.8, 4) is 0 Å². The van der Waals surface area contributed by atoms with Gasteiger partial charge < -0.3 is 14.4 Å². The first kappa shape index (κ1) is 10.3. The van der Waals surface area contributed by atoms with Crippen molar-refractivity contribution in [2.75, 3.05) is 21.3 Å². The van der Waals surface area contributed by atoms with Crippen molar-refractivity contribution < 1.29 is 19.1 Å². The molecule has 1 rings (SSSR count). The Kier molecular flexibility index (Phi) is 2.91. The number of rotatable bonds is 2. The number of carbonyl (C=O) groups is 2. The molecule has 0 saturated heterocycles. The predicted octanol–water partition coefficient (Wildman–Crippen LogP) is 0.0456. The normalized spacial score (nSPS) is 18.5. The van der Waals surface area contributed by atoms with Gasteiger partial charge in [-0.15, -0.1) is 0 Å². The van der Waals surface area contributed by atoms with Gasteiger partial charge in [-0.3, -0.25) is 4.79 Å². The molecule has 0 N–H and O–H groups in total. The molecule has 0 spiro atoms. The fourth-order valence-corrected chi connectivity index (χ4v) is 1.07. The zero-order chi connectivity index (χ0) is 10.7. The van der Waals surface area contributed by atoms with Gasteiger partial charge in [0.05, 0.1) is 26.0 Å². The maximum absolute atomic E-state index is 11.2. The summed E-state index contributed by atoms with van der Waals surface area (Å²) >= 11 is 0. The molecular weight excluding hydrogens is 186 g/mol. The Morgan fingerprint density at radius 1 is 1.50 bits per heavy atom. The average Bonchev–Trinajstić information content (AvgIpc) is 2.45. The molecule has 0 aromatic heterocycles. The Morgan fingerprint density at radius 2 is 2.14 bits per heavy atom. The minimum absolute atomic E-state index is 0.225. The molecule has 0 aliphatic carbocycles. The van der Waals surface area contributed by atoms with Crippen molar-refractivity contribution in [1.82, 2.24) is 4.90 Å². The molecule has 1 aliphatic rings. The van der Waals surface area contributed by atoms with E-state index in [2.05, 4.69) is 4.74 Å². The van der Waals surface area contributed by atoms with Gasteiger partial charge in [-0.25, -0.2) is 4.79 Å². The summed E-state index contributed by atoms with van der Waals surface area (Å²) in [5.41, 5.74) is 0.407. The number of likely N-dealkylation sites (N-methyl/N-ethyl adjacent to an activating group) is 1. The molecule has 0 bridgehead atoms. The number of hydrogen-bond acceptors (Lipinski definition) is 4. The van der Waals surface area contributed by atoms with Crippen LogP contribution < -0.4 is 0 Å². The van der Waals surface area contributed by atoms with Gasteiger partial charge in [0.25, 0.3) is 5.91 Å². The van der Waals surface area contributed by atoms with Crippen molar-refractivity contribution >= 4 is 11.9 Å². The van der Waals surface area contributed by atoms with Gasteiger partial charge >= 0.3 is 5.97 Å². The average molecular weight is 197 g/mol.